The average Bonchev–Trinajstić information content (AvgIpc) is 3.29. The molecule has 6 heterocycles. The highest BCUT2D eigenvalue weighted by molar-refractivity contribution is 5.95. The SMILES string of the molecule is O=C1COc2ccc(N3CC(CCNCc4nccc(-c5cncc(OC6COC6)n5)c4O)OC3=O)nc2N1. The molecule has 0 bridgehead atoms. The summed E-state index contributed by atoms with van der Waals surface area (Å²) in [5, 5.41) is 16.7. The Morgan fingerprint density at radius 2 is 2.08 bits per heavy atom. The number of amides is 2. The Morgan fingerprint density at radius 3 is 2.92 bits per heavy atom. The highest BCUT2D eigenvalue weighted by Crippen LogP contribution is 2.32. The lowest BCUT2D eigenvalue weighted by Gasteiger charge is -2.26. The quantitative estimate of drug-likeness (QED) is 0.336. The van der Waals surface area contributed by atoms with E-state index in [1.165, 1.54) is 11.1 Å². The van der Waals surface area contributed by atoms with Crippen molar-refractivity contribution in [1.82, 2.24) is 25.3 Å². The molecule has 14 nitrogen and oxygen atoms in total. The van der Waals surface area contributed by atoms with Crippen LogP contribution in [0.25, 0.3) is 11.3 Å². The van der Waals surface area contributed by atoms with E-state index in [4.69, 9.17) is 18.9 Å². The zero-order valence-corrected chi connectivity index (χ0v) is 20.7. The summed E-state index contributed by atoms with van der Waals surface area (Å²) in [7, 11) is 0. The van der Waals surface area contributed by atoms with Crippen LogP contribution in [0.15, 0.2) is 36.8 Å². The van der Waals surface area contributed by atoms with Crippen LogP contribution in [0.4, 0.5) is 16.4 Å². The summed E-state index contributed by atoms with van der Waals surface area (Å²) >= 11 is 0. The highest BCUT2D eigenvalue weighted by Gasteiger charge is 2.33. The summed E-state index contributed by atoms with van der Waals surface area (Å²) in [5.74, 6) is 1.14. The predicted molar refractivity (Wildman–Crippen MR) is 134 cm³/mol. The van der Waals surface area contributed by atoms with Crippen molar-refractivity contribution in [2.45, 2.75) is 25.2 Å². The Morgan fingerprint density at radius 1 is 1.18 bits per heavy atom. The minimum absolute atomic E-state index is 0.00329. The van der Waals surface area contributed by atoms with Crippen molar-refractivity contribution < 1.29 is 33.6 Å². The number of pyridine rings is 2. The van der Waals surface area contributed by atoms with Gasteiger partial charge in [-0.15, -0.1) is 0 Å². The van der Waals surface area contributed by atoms with Crippen LogP contribution in [0, 0.1) is 0 Å². The topological polar surface area (TPSA) is 170 Å². The number of aromatic hydroxyl groups is 1. The molecular weight excluding hydrogens is 510 g/mol. The fourth-order valence-electron chi connectivity index (χ4n) is 4.25. The Labute approximate surface area is 222 Å². The Balaban J connectivity index is 1.03. The lowest BCUT2D eigenvalue weighted by molar-refractivity contribution is -0.118. The molecule has 2 saturated heterocycles. The van der Waals surface area contributed by atoms with Gasteiger partial charge in [0, 0.05) is 18.3 Å². The summed E-state index contributed by atoms with van der Waals surface area (Å²) in [4.78, 5) is 42.7. The van der Waals surface area contributed by atoms with Crippen LogP contribution >= 0.6 is 0 Å². The Kier molecular flexibility index (Phi) is 6.77. The number of rotatable bonds is 9. The van der Waals surface area contributed by atoms with Crippen molar-refractivity contribution in [3.8, 4) is 28.6 Å². The van der Waals surface area contributed by atoms with Crippen molar-refractivity contribution in [1.29, 1.82) is 0 Å². The van der Waals surface area contributed by atoms with Gasteiger partial charge in [-0.2, -0.15) is 0 Å². The minimum Gasteiger partial charge on any atom is -0.505 e. The zero-order valence-electron chi connectivity index (χ0n) is 20.7. The van der Waals surface area contributed by atoms with Gasteiger partial charge in [0.05, 0.1) is 43.5 Å². The molecule has 0 saturated carbocycles. The van der Waals surface area contributed by atoms with Crippen LogP contribution in [0.2, 0.25) is 0 Å². The summed E-state index contributed by atoms with van der Waals surface area (Å²) in [5.41, 5.74) is 1.40. The number of ether oxygens (including phenoxy) is 4. The van der Waals surface area contributed by atoms with Crippen molar-refractivity contribution in [2.75, 3.05) is 43.1 Å². The number of hydrogen-bond donors (Lipinski definition) is 3. The van der Waals surface area contributed by atoms with Gasteiger partial charge >= 0.3 is 6.09 Å². The number of aromatic nitrogens is 4. The Bertz CT molecular complexity index is 1400. The number of cyclic esters (lactones) is 1. The maximum atomic E-state index is 12.4. The van der Waals surface area contributed by atoms with Crippen LogP contribution in [-0.2, 0) is 20.8 Å². The molecule has 202 valence electrons. The zero-order chi connectivity index (χ0) is 26.8. The molecule has 3 aliphatic heterocycles. The number of anilines is 2. The lowest BCUT2D eigenvalue weighted by atomic mass is 10.1. The predicted octanol–water partition coefficient (Wildman–Crippen LogP) is 1.25. The normalized spacial score (nSPS) is 18.6. The van der Waals surface area contributed by atoms with Crippen LogP contribution in [-0.4, -0.2) is 82.2 Å². The van der Waals surface area contributed by atoms with Crippen LogP contribution < -0.4 is 25.0 Å². The van der Waals surface area contributed by atoms with Crippen LogP contribution in [0.5, 0.6) is 17.4 Å². The number of carbonyl (C=O) groups excluding carboxylic acids is 2. The van der Waals surface area contributed by atoms with Gasteiger partial charge in [0.15, 0.2) is 18.2 Å². The van der Waals surface area contributed by atoms with Crippen molar-refractivity contribution in [3.05, 3.63) is 42.5 Å². The molecule has 3 aliphatic rings. The third kappa shape index (κ3) is 5.37. The van der Waals surface area contributed by atoms with Gasteiger partial charge < -0.3 is 34.7 Å². The fraction of sp³-hybridized carbons (Fsp3) is 0.360. The first kappa shape index (κ1) is 24.8. The van der Waals surface area contributed by atoms with Gasteiger partial charge in [0.1, 0.15) is 23.8 Å². The molecule has 2 fully saturated rings. The fourth-order valence-corrected chi connectivity index (χ4v) is 4.25. The summed E-state index contributed by atoms with van der Waals surface area (Å²) in [6.45, 7) is 2.06. The molecular formula is C25H25N7O7. The van der Waals surface area contributed by atoms with Gasteiger partial charge in [-0.05, 0) is 31.2 Å². The second-order valence-electron chi connectivity index (χ2n) is 9.11. The van der Waals surface area contributed by atoms with E-state index < -0.39 is 6.09 Å². The maximum Gasteiger partial charge on any atom is 0.415 e. The second kappa shape index (κ2) is 10.7. The number of carbonyl (C=O) groups is 2. The number of fused-ring (bicyclic) bond motifs is 1. The van der Waals surface area contributed by atoms with E-state index in [-0.39, 0.29) is 36.3 Å². The molecule has 39 heavy (non-hydrogen) atoms. The molecule has 3 aromatic rings. The number of nitrogens with zero attached hydrogens (tertiary/aromatic N) is 5. The van der Waals surface area contributed by atoms with Crippen molar-refractivity contribution >= 4 is 23.6 Å². The van der Waals surface area contributed by atoms with Gasteiger partial charge in [-0.25, -0.2) is 14.8 Å². The monoisotopic (exact) mass is 535 g/mol. The van der Waals surface area contributed by atoms with Gasteiger partial charge in [-0.1, -0.05) is 0 Å². The molecule has 2 amide bonds. The van der Waals surface area contributed by atoms with Crippen molar-refractivity contribution in [2.24, 2.45) is 0 Å². The van der Waals surface area contributed by atoms with Gasteiger partial charge in [0.25, 0.3) is 5.91 Å². The maximum absolute atomic E-state index is 12.4. The third-order valence-corrected chi connectivity index (χ3v) is 6.33. The van der Waals surface area contributed by atoms with Crippen molar-refractivity contribution in [3.63, 3.8) is 0 Å². The molecule has 1 atom stereocenters. The first-order chi connectivity index (χ1) is 19.0. The number of nitrogens with one attached hydrogen (secondary N) is 2. The molecule has 0 aliphatic carbocycles. The number of hydrogen-bond acceptors (Lipinski definition) is 12. The molecule has 0 aromatic carbocycles. The molecule has 0 spiro atoms. The highest BCUT2D eigenvalue weighted by atomic mass is 16.6. The standard InChI is InChI=1S/C25H25N7O7/c33-21-13-37-19-1-2-20(30-24(19)31-21)32-10-14(39-25(32)35)3-5-26-8-18-23(34)16(4-6-28-18)17-7-27-9-22(29-17)38-15-11-36-12-15/h1-2,4,6-7,9,14-15,26,34H,3,5,8,10-13H2,(H,30,31,33). The third-order valence-electron chi connectivity index (χ3n) is 6.33. The molecule has 3 N–H and O–H groups in total. The molecule has 6 rings (SSSR count). The van der Waals surface area contributed by atoms with Crippen LogP contribution in [0.1, 0.15) is 12.1 Å². The van der Waals surface area contributed by atoms with E-state index in [1.54, 1.807) is 30.6 Å². The summed E-state index contributed by atoms with van der Waals surface area (Å²) < 4.78 is 21.6. The molecule has 0 radical (unpaired) electrons. The lowest BCUT2D eigenvalue weighted by Crippen LogP contribution is -2.38. The largest absolute Gasteiger partial charge is 0.505 e. The molecule has 1 unspecified atom stereocenters. The van der Waals surface area contributed by atoms with E-state index in [0.717, 1.165) is 0 Å². The second-order valence-corrected chi connectivity index (χ2v) is 9.11. The van der Waals surface area contributed by atoms with Crippen LogP contribution in [0.3, 0.4) is 0 Å². The van der Waals surface area contributed by atoms with E-state index in [1.807, 2.05) is 0 Å². The Hall–Kier alpha value is -4.56. The van der Waals surface area contributed by atoms with E-state index in [0.29, 0.717) is 73.7 Å². The van der Waals surface area contributed by atoms with E-state index in [2.05, 4.69) is 30.6 Å². The van der Waals surface area contributed by atoms with Gasteiger partial charge in [0.2, 0.25) is 5.88 Å². The first-order valence-electron chi connectivity index (χ1n) is 12.4. The summed E-state index contributed by atoms with van der Waals surface area (Å²) in [6, 6.07) is 4.97. The van der Waals surface area contributed by atoms with E-state index >= 15 is 0 Å². The summed E-state index contributed by atoms with van der Waals surface area (Å²) in [6.07, 6.45) is 4.28. The molecule has 14 heteroatoms. The first-order valence-corrected chi connectivity index (χ1v) is 12.4. The average molecular weight is 536 g/mol. The molecule has 3 aromatic heterocycles. The smallest absolute Gasteiger partial charge is 0.415 e. The van der Waals surface area contributed by atoms with E-state index in [9.17, 15) is 14.7 Å². The van der Waals surface area contributed by atoms with Gasteiger partial charge in [-0.3, -0.25) is 19.7 Å². The minimum atomic E-state index is -0.514.